The Hall–Kier alpha value is -0.540. The maximum absolute atomic E-state index is 3.74. The Kier molecular flexibility index (Phi) is 4.91. The summed E-state index contributed by atoms with van der Waals surface area (Å²) >= 11 is 3.74. The molecule has 0 spiro atoms. The van der Waals surface area contributed by atoms with E-state index in [4.69, 9.17) is 0 Å². The van der Waals surface area contributed by atoms with Gasteiger partial charge in [-0.3, -0.25) is 0 Å². The third-order valence-electron chi connectivity index (χ3n) is 4.41. The zero-order chi connectivity index (χ0) is 14.0. The summed E-state index contributed by atoms with van der Waals surface area (Å²) in [6.07, 6.45) is 1.32. The largest absolute Gasteiger partial charge is 0.370 e. The van der Waals surface area contributed by atoms with Crippen LogP contribution in [0.1, 0.15) is 38.8 Å². The lowest BCUT2D eigenvalue weighted by atomic mass is 9.95. The molecule has 1 aromatic carbocycles. The molecule has 19 heavy (non-hydrogen) atoms. The Morgan fingerprint density at radius 3 is 2.58 bits per heavy atom. The molecule has 1 N–H and O–H groups in total. The van der Waals surface area contributed by atoms with Crippen molar-refractivity contribution in [3.63, 3.8) is 0 Å². The van der Waals surface area contributed by atoms with Gasteiger partial charge in [-0.25, -0.2) is 0 Å². The molecule has 3 heteroatoms. The van der Waals surface area contributed by atoms with Gasteiger partial charge in [0.1, 0.15) is 0 Å². The summed E-state index contributed by atoms with van der Waals surface area (Å²) in [6.45, 7) is 9.23. The van der Waals surface area contributed by atoms with Crippen molar-refractivity contribution in [2.45, 2.75) is 33.2 Å². The van der Waals surface area contributed by atoms with Crippen molar-refractivity contribution in [3.8, 4) is 0 Å². The second kappa shape index (κ2) is 6.27. The Balaban J connectivity index is 2.14. The highest BCUT2D eigenvalue weighted by molar-refractivity contribution is 9.10. The monoisotopic (exact) mass is 324 g/mol. The van der Waals surface area contributed by atoms with Gasteiger partial charge in [0.2, 0.25) is 0 Å². The quantitative estimate of drug-likeness (QED) is 0.892. The lowest BCUT2D eigenvalue weighted by Crippen LogP contribution is -2.21. The molecule has 106 valence electrons. The van der Waals surface area contributed by atoms with Gasteiger partial charge >= 0.3 is 0 Å². The Morgan fingerprint density at radius 2 is 2.05 bits per heavy atom. The lowest BCUT2D eigenvalue weighted by molar-refractivity contribution is 0.423. The van der Waals surface area contributed by atoms with Crippen LogP contribution in [-0.2, 0) is 0 Å². The fraction of sp³-hybridized carbons (Fsp3) is 0.625. The molecule has 1 saturated heterocycles. The van der Waals surface area contributed by atoms with Crippen LogP contribution in [0.3, 0.4) is 0 Å². The predicted molar refractivity (Wildman–Crippen MR) is 86.8 cm³/mol. The van der Waals surface area contributed by atoms with E-state index in [1.165, 1.54) is 35.2 Å². The Bertz CT molecular complexity index is 431. The van der Waals surface area contributed by atoms with E-state index in [1.807, 2.05) is 7.05 Å². The summed E-state index contributed by atoms with van der Waals surface area (Å²) in [5, 5.41) is 3.28. The van der Waals surface area contributed by atoms with Crippen LogP contribution in [0.2, 0.25) is 0 Å². The van der Waals surface area contributed by atoms with Crippen molar-refractivity contribution >= 4 is 21.6 Å². The van der Waals surface area contributed by atoms with Gasteiger partial charge in [0.05, 0.1) is 5.69 Å². The van der Waals surface area contributed by atoms with Crippen molar-refractivity contribution < 1.29 is 0 Å². The van der Waals surface area contributed by atoms with Gasteiger partial charge in [-0.05, 0) is 65.9 Å². The highest BCUT2D eigenvalue weighted by Gasteiger charge is 2.26. The van der Waals surface area contributed by atoms with Crippen molar-refractivity contribution in [2.75, 3.05) is 25.0 Å². The average molecular weight is 325 g/mol. The number of anilines is 1. The molecule has 0 radical (unpaired) electrons. The van der Waals surface area contributed by atoms with Crippen molar-refractivity contribution in [2.24, 2.45) is 11.8 Å². The zero-order valence-electron chi connectivity index (χ0n) is 12.4. The number of hydrogen-bond donors (Lipinski definition) is 1. The second-order valence-corrected chi connectivity index (χ2v) is 6.81. The average Bonchev–Trinajstić information content (AvgIpc) is 2.87. The van der Waals surface area contributed by atoms with Crippen LogP contribution in [0.4, 0.5) is 5.69 Å². The molecule has 1 heterocycles. The molecule has 1 aliphatic rings. The molecule has 0 aromatic heterocycles. The van der Waals surface area contributed by atoms with E-state index in [1.54, 1.807) is 0 Å². The van der Waals surface area contributed by atoms with Gasteiger partial charge in [-0.2, -0.15) is 0 Å². The summed E-state index contributed by atoms with van der Waals surface area (Å²) in [5.74, 6) is 1.62. The van der Waals surface area contributed by atoms with Crippen LogP contribution < -0.4 is 10.2 Å². The summed E-state index contributed by atoms with van der Waals surface area (Å²) in [6, 6.07) is 7.14. The first-order valence-electron chi connectivity index (χ1n) is 7.24. The van der Waals surface area contributed by atoms with Gasteiger partial charge in [0, 0.05) is 23.6 Å². The number of halogens is 1. The van der Waals surface area contributed by atoms with Crippen LogP contribution in [-0.4, -0.2) is 20.1 Å². The zero-order valence-corrected chi connectivity index (χ0v) is 14.0. The Morgan fingerprint density at radius 1 is 1.32 bits per heavy atom. The molecule has 1 aliphatic heterocycles. The van der Waals surface area contributed by atoms with Crippen LogP contribution in [0, 0.1) is 11.8 Å². The summed E-state index contributed by atoms with van der Waals surface area (Å²) < 4.78 is 1.22. The van der Waals surface area contributed by atoms with Gasteiger partial charge in [-0.1, -0.05) is 19.9 Å². The molecule has 2 rings (SSSR count). The third kappa shape index (κ3) is 3.32. The molecular weight excluding hydrogens is 300 g/mol. The van der Waals surface area contributed by atoms with E-state index in [9.17, 15) is 0 Å². The van der Waals surface area contributed by atoms with Crippen LogP contribution in [0.15, 0.2) is 22.7 Å². The summed E-state index contributed by atoms with van der Waals surface area (Å²) in [4.78, 5) is 2.52. The third-order valence-corrected chi connectivity index (χ3v) is 5.05. The van der Waals surface area contributed by atoms with Crippen molar-refractivity contribution in [1.82, 2.24) is 5.32 Å². The highest BCUT2D eigenvalue weighted by atomic mass is 79.9. The minimum absolute atomic E-state index is 0.396. The van der Waals surface area contributed by atoms with Gasteiger partial charge in [0.15, 0.2) is 0 Å². The molecule has 1 fully saturated rings. The number of rotatable bonds is 4. The summed E-state index contributed by atoms with van der Waals surface area (Å²) in [5.41, 5.74) is 2.67. The molecule has 1 aromatic rings. The fourth-order valence-electron chi connectivity index (χ4n) is 2.77. The lowest BCUT2D eigenvalue weighted by Gasteiger charge is -2.22. The number of nitrogens with zero attached hydrogens (tertiary/aromatic N) is 1. The van der Waals surface area contributed by atoms with Crippen molar-refractivity contribution in [3.05, 3.63) is 28.2 Å². The maximum Gasteiger partial charge on any atom is 0.0510 e. The molecule has 2 unspecified atom stereocenters. The minimum Gasteiger partial charge on any atom is -0.370 e. The first-order valence-corrected chi connectivity index (χ1v) is 8.04. The molecule has 0 saturated carbocycles. The van der Waals surface area contributed by atoms with Gasteiger partial charge in [-0.15, -0.1) is 0 Å². The predicted octanol–water partition coefficient (Wildman–Crippen LogP) is 4.21. The molecule has 0 amide bonds. The van der Waals surface area contributed by atoms with E-state index in [2.05, 4.69) is 65.1 Å². The topological polar surface area (TPSA) is 15.3 Å². The van der Waals surface area contributed by atoms with Gasteiger partial charge < -0.3 is 10.2 Å². The van der Waals surface area contributed by atoms with E-state index >= 15 is 0 Å². The van der Waals surface area contributed by atoms with Crippen molar-refractivity contribution in [1.29, 1.82) is 0 Å². The highest BCUT2D eigenvalue weighted by Crippen LogP contribution is 2.34. The van der Waals surface area contributed by atoms with Crippen LogP contribution in [0.25, 0.3) is 0 Å². The van der Waals surface area contributed by atoms with Gasteiger partial charge in [0.25, 0.3) is 0 Å². The SMILES string of the molecule is CNC(C)c1ccc(N2CCC(C(C)C)C2)c(Br)c1. The summed E-state index contributed by atoms with van der Waals surface area (Å²) in [7, 11) is 2.00. The van der Waals surface area contributed by atoms with Crippen LogP contribution >= 0.6 is 15.9 Å². The van der Waals surface area contributed by atoms with E-state index in [0.29, 0.717) is 6.04 Å². The Labute approximate surface area is 125 Å². The maximum atomic E-state index is 3.74. The molecule has 2 nitrogen and oxygen atoms in total. The first-order chi connectivity index (χ1) is 9.02. The fourth-order valence-corrected chi connectivity index (χ4v) is 3.41. The molecule has 0 bridgehead atoms. The number of nitrogens with one attached hydrogen (secondary N) is 1. The standard InChI is InChI=1S/C16H25BrN2/c1-11(2)14-7-8-19(10-14)16-6-5-13(9-15(16)17)12(3)18-4/h5-6,9,11-12,14,18H,7-8,10H2,1-4H3. The normalized spacial score (nSPS) is 21.2. The van der Waals surface area contributed by atoms with E-state index in [0.717, 1.165) is 11.8 Å². The molecule has 0 aliphatic carbocycles. The first kappa shape index (κ1) is 14.9. The smallest absolute Gasteiger partial charge is 0.0510 e. The number of hydrogen-bond acceptors (Lipinski definition) is 2. The van der Waals surface area contributed by atoms with E-state index in [-0.39, 0.29) is 0 Å². The van der Waals surface area contributed by atoms with Crippen LogP contribution in [0.5, 0.6) is 0 Å². The number of benzene rings is 1. The van der Waals surface area contributed by atoms with E-state index < -0.39 is 0 Å². The minimum atomic E-state index is 0.396. The second-order valence-electron chi connectivity index (χ2n) is 5.96. The molecule has 2 atom stereocenters. The molecular formula is C16H25BrN2.